The Morgan fingerprint density at radius 3 is 2.27 bits per heavy atom. The highest BCUT2D eigenvalue weighted by atomic mass is 16.5. The molecule has 1 aromatic carbocycles. The Kier molecular flexibility index (Phi) is 11.4. The summed E-state index contributed by atoms with van der Waals surface area (Å²) in [6, 6.07) is 8.67. The van der Waals surface area contributed by atoms with Crippen LogP contribution in [0.2, 0.25) is 0 Å². The maximum absolute atomic E-state index is 13.2. The molecule has 0 spiro atoms. The first-order chi connectivity index (χ1) is 14.3. The van der Waals surface area contributed by atoms with E-state index in [0.29, 0.717) is 32.1 Å². The molecule has 1 rings (SSSR count). The lowest BCUT2D eigenvalue weighted by molar-refractivity contribution is -0.142. The van der Waals surface area contributed by atoms with Crippen molar-refractivity contribution >= 4 is 17.7 Å². The van der Waals surface area contributed by atoms with Crippen LogP contribution in [0.4, 0.5) is 0 Å². The van der Waals surface area contributed by atoms with Gasteiger partial charge in [0.05, 0.1) is 5.92 Å². The number of allylic oxidation sites excluding steroid dienone is 1. The number of hydrogen-bond acceptors (Lipinski definition) is 4. The summed E-state index contributed by atoms with van der Waals surface area (Å²) in [5.41, 5.74) is 2.62. The van der Waals surface area contributed by atoms with Gasteiger partial charge in [0.15, 0.2) is 0 Å². The van der Waals surface area contributed by atoms with Gasteiger partial charge in [0, 0.05) is 19.4 Å². The van der Waals surface area contributed by atoms with E-state index in [4.69, 9.17) is 0 Å². The molecule has 0 aliphatic carbocycles. The van der Waals surface area contributed by atoms with E-state index in [9.17, 15) is 19.6 Å². The molecule has 1 aromatic rings. The molecular formula is C23H35N3O4. The molecule has 0 fully saturated rings. The third-order valence-electron chi connectivity index (χ3n) is 5.08. The van der Waals surface area contributed by atoms with Gasteiger partial charge in [-0.3, -0.25) is 19.6 Å². The minimum Gasteiger partial charge on any atom is -0.357 e. The van der Waals surface area contributed by atoms with Crippen molar-refractivity contribution in [2.24, 2.45) is 17.8 Å². The molecule has 0 aliphatic rings. The molecule has 0 aromatic heterocycles. The number of nitrogens with one attached hydrogen (secondary N) is 3. The van der Waals surface area contributed by atoms with Crippen LogP contribution in [0.5, 0.6) is 0 Å². The second-order valence-corrected chi connectivity index (χ2v) is 7.90. The molecule has 0 aliphatic heterocycles. The zero-order valence-electron chi connectivity index (χ0n) is 18.2. The van der Waals surface area contributed by atoms with Crippen molar-refractivity contribution in [2.45, 2.75) is 52.0 Å². The van der Waals surface area contributed by atoms with Crippen molar-refractivity contribution in [1.29, 1.82) is 0 Å². The number of unbranched alkanes of at least 4 members (excludes halogenated alkanes) is 1. The van der Waals surface area contributed by atoms with Gasteiger partial charge in [-0.1, -0.05) is 50.3 Å². The van der Waals surface area contributed by atoms with Crippen molar-refractivity contribution in [3.8, 4) is 0 Å². The Morgan fingerprint density at radius 1 is 1.07 bits per heavy atom. The number of amides is 3. The molecule has 7 nitrogen and oxygen atoms in total. The molecule has 0 heterocycles. The van der Waals surface area contributed by atoms with Crippen LogP contribution < -0.4 is 16.1 Å². The fourth-order valence-corrected chi connectivity index (χ4v) is 3.55. The maximum atomic E-state index is 13.2. The summed E-state index contributed by atoms with van der Waals surface area (Å²) in [5, 5.41) is 14.6. The predicted octanol–water partition coefficient (Wildman–Crippen LogP) is 2.60. The molecule has 4 N–H and O–H groups in total. The monoisotopic (exact) mass is 417 g/mol. The zero-order valence-corrected chi connectivity index (χ0v) is 18.2. The lowest BCUT2D eigenvalue weighted by Crippen LogP contribution is -2.51. The van der Waals surface area contributed by atoms with Crippen molar-refractivity contribution in [1.82, 2.24) is 16.1 Å². The van der Waals surface area contributed by atoms with Crippen molar-refractivity contribution in [3.63, 3.8) is 0 Å². The molecule has 7 heteroatoms. The fourth-order valence-electron chi connectivity index (χ4n) is 3.55. The summed E-state index contributed by atoms with van der Waals surface area (Å²) in [6.45, 7) is 7.63. The van der Waals surface area contributed by atoms with E-state index in [1.165, 1.54) is 7.05 Å². The minimum atomic E-state index is -0.759. The smallest absolute Gasteiger partial charge is 0.247 e. The molecular weight excluding hydrogens is 382 g/mol. The summed E-state index contributed by atoms with van der Waals surface area (Å²) in [4.78, 5) is 38.0. The molecule has 30 heavy (non-hydrogen) atoms. The largest absolute Gasteiger partial charge is 0.357 e. The Balaban J connectivity index is 3.07. The van der Waals surface area contributed by atoms with Crippen molar-refractivity contribution in [2.75, 3.05) is 7.05 Å². The summed E-state index contributed by atoms with van der Waals surface area (Å²) in [6.07, 6.45) is 4.38. The van der Waals surface area contributed by atoms with Gasteiger partial charge in [-0.15, -0.1) is 6.58 Å². The Hall–Kier alpha value is -2.67. The Labute approximate surface area is 179 Å². The quantitative estimate of drug-likeness (QED) is 0.171. The van der Waals surface area contributed by atoms with Crippen LogP contribution in [-0.4, -0.2) is 36.0 Å². The van der Waals surface area contributed by atoms with Gasteiger partial charge < -0.3 is 10.6 Å². The number of carbonyl (C=O) groups excluding carboxylic acids is 3. The maximum Gasteiger partial charge on any atom is 0.247 e. The fraction of sp³-hybridized carbons (Fsp3) is 0.522. The lowest BCUT2D eigenvalue weighted by Gasteiger charge is -2.28. The van der Waals surface area contributed by atoms with E-state index >= 15 is 0 Å². The molecule has 3 atom stereocenters. The third-order valence-corrected chi connectivity index (χ3v) is 5.08. The van der Waals surface area contributed by atoms with Crippen LogP contribution in [0, 0.1) is 17.8 Å². The number of benzene rings is 1. The number of carbonyl (C=O) groups is 3. The van der Waals surface area contributed by atoms with E-state index in [-0.39, 0.29) is 17.7 Å². The normalized spacial score (nSPS) is 13.8. The highest BCUT2D eigenvalue weighted by molar-refractivity contribution is 5.91. The van der Waals surface area contributed by atoms with E-state index in [0.717, 1.165) is 5.56 Å². The van der Waals surface area contributed by atoms with Gasteiger partial charge >= 0.3 is 0 Å². The van der Waals surface area contributed by atoms with Crippen molar-refractivity contribution in [3.05, 3.63) is 48.6 Å². The SMILES string of the molecule is C=CCCC[C@H](C(=O)NO)[C@@H](CC(C)C)C(=O)N[C@@H](Cc1ccccc1)C(=O)NC. The summed E-state index contributed by atoms with van der Waals surface area (Å²) in [5.74, 6) is -2.45. The van der Waals surface area contributed by atoms with Gasteiger partial charge in [0.25, 0.3) is 0 Å². The minimum absolute atomic E-state index is 0.154. The van der Waals surface area contributed by atoms with E-state index in [2.05, 4.69) is 17.2 Å². The first-order valence-corrected chi connectivity index (χ1v) is 10.4. The molecule has 0 bridgehead atoms. The van der Waals surface area contributed by atoms with E-state index in [1.807, 2.05) is 44.2 Å². The van der Waals surface area contributed by atoms with Crippen LogP contribution in [-0.2, 0) is 20.8 Å². The topological polar surface area (TPSA) is 108 Å². The second-order valence-electron chi connectivity index (χ2n) is 7.90. The average Bonchev–Trinajstić information content (AvgIpc) is 2.74. The first kappa shape index (κ1) is 25.4. The standard InChI is InChI=1S/C23H35N3O4/c1-5-6-8-13-18(22(28)26-30)19(14-16(2)3)21(27)25-20(23(29)24-4)15-17-11-9-7-10-12-17/h5,7,9-12,16,18-20,30H,1,6,8,13-15H2,2-4H3,(H,24,29)(H,25,27)(H,26,28)/t18-,19+,20-/m0/s1. The number of rotatable bonds is 13. The molecule has 0 saturated heterocycles. The third kappa shape index (κ3) is 8.37. The van der Waals surface area contributed by atoms with Crippen molar-refractivity contribution < 1.29 is 19.6 Å². The van der Waals surface area contributed by atoms with Crippen LogP contribution in [0.3, 0.4) is 0 Å². The van der Waals surface area contributed by atoms with Gasteiger partial charge in [-0.25, -0.2) is 5.48 Å². The molecule has 0 radical (unpaired) electrons. The van der Waals surface area contributed by atoms with Crippen LogP contribution in [0.25, 0.3) is 0 Å². The Morgan fingerprint density at radius 2 is 1.73 bits per heavy atom. The van der Waals surface area contributed by atoms with Crippen LogP contribution >= 0.6 is 0 Å². The molecule has 166 valence electrons. The molecule has 0 saturated carbocycles. The lowest BCUT2D eigenvalue weighted by atomic mass is 9.81. The van der Waals surface area contributed by atoms with E-state index < -0.39 is 23.8 Å². The highest BCUT2D eigenvalue weighted by Crippen LogP contribution is 2.26. The highest BCUT2D eigenvalue weighted by Gasteiger charge is 2.35. The van der Waals surface area contributed by atoms with Gasteiger partial charge in [-0.05, 0) is 37.2 Å². The van der Waals surface area contributed by atoms with Gasteiger partial charge in [-0.2, -0.15) is 0 Å². The second kappa shape index (κ2) is 13.5. The summed E-state index contributed by atoms with van der Waals surface area (Å²) < 4.78 is 0. The molecule has 3 amide bonds. The zero-order chi connectivity index (χ0) is 22.5. The van der Waals surface area contributed by atoms with Gasteiger partial charge in [0.1, 0.15) is 6.04 Å². The Bertz CT molecular complexity index is 691. The number of hydroxylamine groups is 1. The summed E-state index contributed by atoms with van der Waals surface area (Å²) >= 11 is 0. The number of likely N-dealkylation sites (N-methyl/N-ethyl adjacent to an activating group) is 1. The predicted molar refractivity (Wildman–Crippen MR) is 117 cm³/mol. The van der Waals surface area contributed by atoms with Gasteiger partial charge in [0.2, 0.25) is 17.7 Å². The average molecular weight is 418 g/mol. The van der Waals surface area contributed by atoms with Crippen LogP contribution in [0.15, 0.2) is 43.0 Å². The van der Waals surface area contributed by atoms with E-state index in [1.54, 1.807) is 11.6 Å². The summed E-state index contributed by atoms with van der Waals surface area (Å²) in [7, 11) is 1.52. The number of hydrogen-bond donors (Lipinski definition) is 4. The molecule has 0 unspecified atom stereocenters. The first-order valence-electron chi connectivity index (χ1n) is 10.4. The van der Waals surface area contributed by atoms with Crippen LogP contribution in [0.1, 0.15) is 45.1 Å².